The molecule has 0 saturated carbocycles. The highest BCUT2D eigenvalue weighted by molar-refractivity contribution is 5.27. The Morgan fingerprint density at radius 3 is 2.89 bits per heavy atom. The van der Waals surface area contributed by atoms with Gasteiger partial charge in [-0.2, -0.15) is 0 Å². The summed E-state index contributed by atoms with van der Waals surface area (Å²) in [6, 6.07) is 5.16. The van der Waals surface area contributed by atoms with Crippen molar-refractivity contribution < 1.29 is 13.9 Å². The van der Waals surface area contributed by atoms with Crippen LogP contribution in [-0.4, -0.2) is 38.5 Å². The number of hydrogen-bond acceptors (Lipinski definition) is 3. The molecule has 1 heterocycles. The summed E-state index contributed by atoms with van der Waals surface area (Å²) in [6.45, 7) is 6.84. The van der Waals surface area contributed by atoms with Crippen molar-refractivity contribution >= 4 is 0 Å². The van der Waals surface area contributed by atoms with Gasteiger partial charge in [0.2, 0.25) is 0 Å². The molecule has 1 aliphatic rings. The van der Waals surface area contributed by atoms with Gasteiger partial charge in [0, 0.05) is 6.04 Å². The van der Waals surface area contributed by atoms with Crippen LogP contribution in [0.25, 0.3) is 0 Å². The van der Waals surface area contributed by atoms with Crippen LogP contribution < -0.4 is 5.32 Å². The first kappa shape index (κ1) is 14.4. The summed E-state index contributed by atoms with van der Waals surface area (Å²) in [4.78, 5) is 0. The van der Waals surface area contributed by atoms with E-state index in [2.05, 4.69) is 12.2 Å². The van der Waals surface area contributed by atoms with E-state index in [-0.39, 0.29) is 18.0 Å². The third-order valence-electron chi connectivity index (χ3n) is 3.50. The van der Waals surface area contributed by atoms with Crippen molar-refractivity contribution in [2.45, 2.75) is 32.4 Å². The minimum atomic E-state index is -0.182. The van der Waals surface area contributed by atoms with Gasteiger partial charge in [0.1, 0.15) is 5.82 Å². The van der Waals surface area contributed by atoms with Crippen molar-refractivity contribution in [3.05, 3.63) is 35.1 Å². The van der Waals surface area contributed by atoms with Crippen molar-refractivity contribution in [3.63, 3.8) is 0 Å². The highest BCUT2D eigenvalue weighted by atomic mass is 19.1. The third kappa shape index (κ3) is 4.00. The Morgan fingerprint density at radius 1 is 1.42 bits per heavy atom. The Hall–Kier alpha value is -0.970. The normalized spacial score (nSPS) is 21.3. The van der Waals surface area contributed by atoms with Gasteiger partial charge in [-0.1, -0.05) is 13.0 Å². The van der Waals surface area contributed by atoms with E-state index in [1.54, 1.807) is 6.07 Å². The maximum Gasteiger partial charge on any atom is 0.123 e. The van der Waals surface area contributed by atoms with E-state index in [0.29, 0.717) is 19.8 Å². The monoisotopic (exact) mass is 267 g/mol. The summed E-state index contributed by atoms with van der Waals surface area (Å²) in [5.74, 6) is -0.182. The Morgan fingerprint density at radius 2 is 2.26 bits per heavy atom. The van der Waals surface area contributed by atoms with Crippen LogP contribution in [0.15, 0.2) is 18.2 Å². The SMILES string of the molecule is CCNC(Cc1ccc(F)cc1C)C1COCCO1. The second-order valence-corrected chi connectivity index (χ2v) is 4.92. The third-order valence-corrected chi connectivity index (χ3v) is 3.50. The summed E-state index contributed by atoms with van der Waals surface area (Å²) in [7, 11) is 0. The molecule has 1 saturated heterocycles. The van der Waals surface area contributed by atoms with Crippen molar-refractivity contribution in [1.29, 1.82) is 0 Å². The van der Waals surface area contributed by atoms with Crippen LogP contribution in [0.5, 0.6) is 0 Å². The van der Waals surface area contributed by atoms with Gasteiger partial charge >= 0.3 is 0 Å². The van der Waals surface area contributed by atoms with Crippen molar-refractivity contribution in [2.24, 2.45) is 0 Å². The van der Waals surface area contributed by atoms with Crippen LogP contribution in [-0.2, 0) is 15.9 Å². The summed E-state index contributed by atoms with van der Waals surface area (Å²) < 4.78 is 24.4. The van der Waals surface area contributed by atoms with Crippen LogP contribution in [0.4, 0.5) is 4.39 Å². The molecule has 1 aliphatic heterocycles. The molecule has 4 heteroatoms. The maximum absolute atomic E-state index is 13.1. The largest absolute Gasteiger partial charge is 0.376 e. The van der Waals surface area contributed by atoms with Crippen LogP contribution in [0.1, 0.15) is 18.1 Å². The smallest absolute Gasteiger partial charge is 0.123 e. The summed E-state index contributed by atoms with van der Waals surface area (Å²) in [5, 5.41) is 3.44. The Labute approximate surface area is 114 Å². The van der Waals surface area contributed by atoms with Gasteiger partial charge in [0.15, 0.2) is 0 Å². The minimum absolute atomic E-state index is 0.0677. The molecule has 0 aliphatic carbocycles. The van der Waals surface area contributed by atoms with E-state index in [4.69, 9.17) is 9.47 Å². The maximum atomic E-state index is 13.1. The molecular weight excluding hydrogens is 245 g/mol. The molecule has 1 N–H and O–H groups in total. The number of rotatable bonds is 5. The second-order valence-electron chi connectivity index (χ2n) is 4.92. The zero-order valence-electron chi connectivity index (χ0n) is 11.6. The van der Waals surface area contributed by atoms with E-state index in [9.17, 15) is 4.39 Å². The molecule has 0 radical (unpaired) electrons. The molecular formula is C15H22FNO2. The number of nitrogens with one attached hydrogen (secondary N) is 1. The molecule has 2 atom stereocenters. The van der Waals surface area contributed by atoms with E-state index >= 15 is 0 Å². The standard InChI is InChI=1S/C15H22FNO2/c1-3-17-14(15-10-18-6-7-19-15)9-12-4-5-13(16)8-11(12)2/h4-5,8,14-15,17H,3,6-7,9-10H2,1-2H3. The van der Waals surface area contributed by atoms with Gasteiger partial charge in [0.05, 0.1) is 25.9 Å². The lowest BCUT2D eigenvalue weighted by Crippen LogP contribution is -2.48. The van der Waals surface area contributed by atoms with Crippen molar-refractivity contribution in [2.75, 3.05) is 26.4 Å². The predicted octanol–water partition coefficient (Wildman–Crippen LogP) is 2.07. The molecule has 0 bridgehead atoms. The Kier molecular flexibility index (Phi) is 5.31. The highest BCUT2D eigenvalue weighted by Gasteiger charge is 2.25. The summed E-state index contributed by atoms with van der Waals surface area (Å²) in [5.41, 5.74) is 2.14. The fourth-order valence-electron chi connectivity index (χ4n) is 2.46. The number of benzene rings is 1. The first-order chi connectivity index (χ1) is 9.20. The molecule has 0 spiro atoms. The van der Waals surface area contributed by atoms with E-state index in [1.807, 2.05) is 13.0 Å². The topological polar surface area (TPSA) is 30.5 Å². The highest BCUT2D eigenvalue weighted by Crippen LogP contribution is 2.16. The predicted molar refractivity (Wildman–Crippen MR) is 72.9 cm³/mol. The van der Waals surface area contributed by atoms with Gasteiger partial charge in [-0.3, -0.25) is 0 Å². The number of aryl methyl sites for hydroxylation is 1. The molecule has 19 heavy (non-hydrogen) atoms. The molecule has 2 unspecified atom stereocenters. The van der Waals surface area contributed by atoms with E-state index in [1.165, 1.54) is 6.07 Å². The number of halogens is 1. The molecule has 0 aromatic heterocycles. The first-order valence-corrected chi connectivity index (χ1v) is 6.88. The lowest BCUT2D eigenvalue weighted by atomic mass is 9.97. The van der Waals surface area contributed by atoms with Crippen molar-refractivity contribution in [1.82, 2.24) is 5.32 Å². The molecule has 1 aromatic carbocycles. The second kappa shape index (κ2) is 6.98. The van der Waals surface area contributed by atoms with Gasteiger partial charge < -0.3 is 14.8 Å². The van der Waals surface area contributed by atoms with Gasteiger partial charge in [-0.25, -0.2) is 4.39 Å². The van der Waals surface area contributed by atoms with Crippen molar-refractivity contribution in [3.8, 4) is 0 Å². The summed E-state index contributed by atoms with van der Waals surface area (Å²) >= 11 is 0. The number of likely N-dealkylation sites (N-methyl/N-ethyl adjacent to an activating group) is 1. The molecule has 1 fully saturated rings. The zero-order chi connectivity index (χ0) is 13.7. The fourth-order valence-corrected chi connectivity index (χ4v) is 2.46. The van der Waals surface area contributed by atoms with Gasteiger partial charge in [-0.05, 0) is 43.1 Å². The molecule has 106 valence electrons. The van der Waals surface area contributed by atoms with Gasteiger partial charge in [0.25, 0.3) is 0 Å². The lowest BCUT2D eigenvalue weighted by Gasteiger charge is -2.31. The number of ether oxygens (including phenoxy) is 2. The van der Waals surface area contributed by atoms with Gasteiger partial charge in [-0.15, -0.1) is 0 Å². The van der Waals surface area contributed by atoms with Crippen LogP contribution in [0.2, 0.25) is 0 Å². The minimum Gasteiger partial charge on any atom is -0.376 e. The molecule has 3 nitrogen and oxygen atoms in total. The fraction of sp³-hybridized carbons (Fsp3) is 0.600. The van der Waals surface area contributed by atoms with Crippen LogP contribution >= 0.6 is 0 Å². The zero-order valence-corrected chi connectivity index (χ0v) is 11.6. The number of hydrogen-bond donors (Lipinski definition) is 1. The Bertz CT molecular complexity index is 405. The van der Waals surface area contributed by atoms with Crippen LogP contribution in [0.3, 0.4) is 0 Å². The molecule has 2 rings (SSSR count). The lowest BCUT2D eigenvalue weighted by molar-refractivity contribution is -0.101. The molecule has 0 amide bonds. The average molecular weight is 267 g/mol. The van der Waals surface area contributed by atoms with E-state index < -0.39 is 0 Å². The average Bonchev–Trinajstić information content (AvgIpc) is 2.42. The first-order valence-electron chi connectivity index (χ1n) is 6.88. The molecule has 1 aromatic rings. The quantitative estimate of drug-likeness (QED) is 0.886. The summed E-state index contributed by atoms with van der Waals surface area (Å²) in [6.07, 6.45) is 0.895. The van der Waals surface area contributed by atoms with Crippen LogP contribution in [0, 0.1) is 12.7 Å². The Balaban J connectivity index is 2.06. The van der Waals surface area contributed by atoms with E-state index in [0.717, 1.165) is 24.1 Å².